The van der Waals surface area contributed by atoms with Gasteiger partial charge < -0.3 is 15.8 Å². The lowest BCUT2D eigenvalue weighted by Crippen LogP contribution is -2.16. The Balaban J connectivity index is 1.40. The maximum absolute atomic E-state index is 12.7. The number of benzene rings is 2. The van der Waals surface area contributed by atoms with Crippen molar-refractivity contribution in [3.63, 3.8) is 0 Å². The summed E-state index contributed by atoms with van der Waals surface area (Å²) in [6.07, 6.45) is 2.94. The first-order chi connectivity index (χ1) is 16.4. The molecular formula is C26H27N5O3. The summed E-state index contributed by atoms with van der Waals surface area (Å²) in [6, 6.07) is 17.5. The summed E-state index contributed by atoms with van der Waals surface area (Å²) in [4.78, 5) is 28.8. The number of hydrogen-bond acceptors (Lipinski definition) is 5. The number of fused-ring (bicyclic) bond motifs is 1. The second-order valence-corrected chi connectivity index (χ2v) is 8.05. The number of ether oxygens (including phenoxy) is 1. The Hall–Kier alpha value is -4.20. The highest BCUT2D eigenvalue weighted by atomic mass is 16.5. The summed E-state index contributed by atoms with van der Waals surface area (Å²) in [7, 11) is 0. The zero-order valence-corrected chi connectivity index (χ0v) is 19.2. The summed E-state index contributed by atoms with van der Waals surface area (Å²) < 4.78 is 7.53. The third kappa shape index (κ3) is 5.06. The van der Waals surface area contributed by atoms with Crippen molar-refractivity contribution in [1.82, 2.24) is 14.6 Å². The number of carbonyl (C=O) groups excluding carboxylic acids is 2. The van der Waals surface area contributed by atoms with E-state index in [2.05, 4.69) is 27.5 Å². The Morgan fingerprint density at radius 3 is 2.53 bits per heavy atom. The summed E-state index contributed by atoms with van der Waals surface area (Å²) in [5, 5.41) is 7.19. The van der Waals surface area contributed by atoms with Crippen molar-refractivity contribution in [2.45, 2.75) is 33.1 Å². The first-order valence-corrected chi connectivity index (χ1v) is 11.1. The van der Waals surface area contributed by atoms with Gasteiger partial charge in [0.25, 0.3) is 5.91 Å². The molecule has 0 saturated heterocycles. The molecule has 8 nitrogen and oxygen atoms in total. The Morgan fingerprint density at radius 2 is 1.76 bits per heavy atom. The van der Waals surface area contributed by atoms with Gasteiger partial charge in [-0.25, -0.2) is 9.50 Å². The molecule has 0 spiro atoms. The van der Waals surface area contributed by atoms with E-state index in [9.17, 15) is 9.59 Å². The van der Waals surface area contributed by atoms with Crippen LogP contribution in [0.1, 0.15) is 39.3 Å². The minimum absolute atomic E-state index is 0.128. The first-order valence-electron chi connectivity index (χ1n) is 11.1. The fourth-order valence-electron chi connectivity index (χ4n) is 3.92. The number of nitrogens with one attached hydrogen (secondary N) is 1. The largest absolute Gasteiger partial charge is 0.491 e. The molecule has 0 fully saturated rings. The molecular weight excluding hydrogens is 430 g/mol. The summed E-state index contributed by atoms with van der Waals surface area (Å²) in [6.45, 7) is 4.26. The third-order valence-electron chi connectivity index (χ3n) is 5.73. The fraction of sp³-hybridized carbons (Fsp3) is 0.231. The zero-order chi connectivity index (χ0) is 24.1. The number of hydrogen-bond donors (Lipinski definition) is 2. The predicted molar refractivity (Wildman–Crippen MR) is 130 cm³/mol. The van der Waals surface area contributed by atoms with Crippen LogP contribution in [0.2, 0.25) is 0 Å². The number of aromatic nitrogens is 3. The SMILES string of the molecule is Cc1nc2c(C(N)=O)cnn2c(C)c1CCC(=O)Nc1ccccc1OCCc1ccccc1. The van der Waals surface area contributed by atoms with Crippen LogP contribution < -0.4 is 15.8 Å². The molecule has 0 aliphatic carbocycles. The fourth-order valence-corrected chi connectivity index (χ4v) is 3.92. The number of para-hydroxylation sites is 2. The van der Waals surface area contributed by atoms with Crippen LogP contribution in [0.15, 0.2) is 60.8 Å². The highest BCUT2D eigenvalue weighted by molar-refractivity contribution is 5.98. The van der Waals surface area contributed by atoms with E-state index in [0.29, 0.717) is 30.1 Å². The lowest BCUT2D eigenvalue weighted by molar-refractivity contribution is -0.116. The molecule has 0 bridgehead atoms. The lowest BCUT2D eigenvalue weighted by atomic mass is 10.1. The third-order valence-corrected chi connectivity index (χ3v) is 5.73. The number of anilines is 1. The first kappa shape index (κ1) is 23.0. The minimum Gasteiger partial charge on any atom is -0.491 e. The number of nitrogens with two attached hydrogens (primary N) is 1. The molecule has 2 amide bonds. The van der Waals surface area contributed by atoms with Crippen LogP contribution in [0.25, 0.3) is 5.65 Å². The molecule has 0 aliphatic rings. The molecule has 0 unspecified atom stereocenters. The molecule has 2 aromatic heterocycles. The number of primary amides is 1. The second-order valence-electron chi connectivity index (χ2n) is 8.05. The Labute approximate surface area is 197 Å². The summed E-state index contributed by atoms with van der Waals surface area (Å²) in [5.41, 5.74) is 10.4. The van der Waals surface area contributed by atoms with Crippen LogP contribution in [0.4, 0.5) is 5.69 Å². The van der Waals surface area contributed by atoms with Gasteiger partial charge in [0.05, 0.1) is 18.5 Å². The van der Waals surface area contributed by atoms with E-state index in [-0.39, 0.29) is 17.9 Å². The van der Waals surface area contributed by atoms with Gasteiger partial charge in [-0.05, 0) is 43.5 Å². The Kier molecular flexibility index (Phi) is 6.87. The molecule has 0 radical (unpaired) electrons. The smallest absolute Gasteiger partial charge is 0.254 e. The standard InChI is InChI=1S/C26H27N5O3/c1-17-20(18(2)31-26(29-17)21(16-28-31)25(27)33)12-13-24(32)30-22-10-6-7-11-23(22)34-15-14-19-8-4-3-5-9-19/h3-11,16H,12-15H2,1-2H3,(H2,27,33)(H,30,32). The average Bonchev–Trinajstić information content (AvgIpc) is 3.25. The van der Waals surface area contributed by atoms with E-state index in [0.717, 1.165) is 23.4 Å². The van der Waals surface area contributed by atoms with Gasteiger partial charge in [-0.1, -0.05) is 42.5 Å². The topological polar surface area (TPSA) is 112 Å². The summed E-state index contributed by atoms with van der Waals surface area (Å²) >= 11 is 0. The Bertz CT molecular complexity index is 1330. The van der Waals surface area contributed by atoms with Crippen molar-refractivity contribution in [2.75, 3.05) is 11.9 Å². The van der Waals surface area contributed by atoms with Crippen LogP contribution in [0, 0.1) is 13.8 Å². The zero-order valence-electron chi connectivity index (χ0n) is 19.2. The van der Waals surface area contributed by atoms with Gasteiger partial charge >= 0.3 is 0 Å². The lowest BCUT2D eigenvalue weighted by Gasteiger charge is -2.14. The molecule has 4 rings (SSSR count). The van der Waals surface area contributed by atoms with E-state index < -0.39 is 5.91 Å². The predicted octanol–water partition coefficient (Wildman–Crippen LogP) is 3.64. The van der Waals surface area contributed by atoms with Crippen molar-refractivity contribution >= 4 is 23.1 Å². The van der Waals surface area contributed by atoms with Gasteiger partial charge in [0.15, 0.2) is 5.65 Å². The molecule has 34 heavy (non-hydrogen) atoms. The van der Waals surface area contributed by atoms with Crippen molar-refractivity contribution in [3.05, 3.63) is 88.9 Å². The maximum Gasteiger partial charge on any atom is 0.254 e. The molecule has 174 valence electrons. The number of amides is 2. The number of nitrogens with zero attached hydrogens (tertiary/aromatic N) is 3. The van der Waals surface area contributed by atoms with Crippen LogP contribution in [0.3, 0.4) is 0 Å². The van der Waals surface area contributed by atoms with E-state index in [1.54, 1.807) is 4.52 Å². The average molecular weight is 458 g/mol. The monoisotopic (exact) mass is 457 g/mol. The van der Waals surface area contributed by atoms with Crippen LogP contribution in [0.5, 0.6) is 5.75 Å². The highest BCUT2D eigenvalue weighted by Gasteiger charge is 2.17. The molecule has 0 atom stereocenters. The van der Waals surface area contributed by atoms with Crippen LogP contribution >= 0.6 is 0 Å². The van der Waals surface area contributed by atoms with Crippen molar-refractivity contribution in [3.8, 4) is 5.75 Å². The van der Waals surface area contributed by atoms with E-state index >= 15 is 0 Å². The van der Waals surface area contributed by atoms with Gasteiger partial charge in [0.2, 0.25) is 5.91 Å². The number of carbonyl (C=O) groups is 2. The van der Waals surface area contributed by atoms with Crippen molar-refractivity contribution < 1.29 is 14.3 Å². The van der Waals surface area contributed by atoms with Gasteiger partial charge in [-0.2, -0.15) is 5.10 Å². The van der Waals surface area contributed by atoms with Crippen molar-refractivity contribution in [1.29, 1.82) is 0 Å². The molecule has 3 N–H and O–H groups in total. The van der Waals surface area contributed by atoms with Gasteiger partial charge in [0, 0.05) is 24.2 Å². The normalized spacial score (nSPS) is 10.9. The van der Waals surface area contributed by atoms with E-state index in [1.165, 1.54) is 11.8 Å². The molecule has 8 heteroatoms. The van der Waals surface area contributed by atoms with E-state index in [4.69, 9.17) is 10.5 Å². The Morgan fingerprint density at radius 1 is 1.03 bits per heavy atom. The van der Waals surface area contributed by atoms with Gasteiger partial charge in [-0.3, -0.25) is 9.59 Å². The quantitative estimate of drug-likeness (QED) is 0.399. The van der Waals surface area contributed by atoms with Crippen LogP contribution in [-0.4, -0.2) is 33.0 Å². The molecule has 2 aromatic carbocycles. The minimum atomic E-state index is -0.571. The second kappa shape index (κ2) is 10.2. The van der Waals surface area contributed by atoms with E-state index in [1.807, 2.05) is 56.3 Å². The molecule has 0 saturated carbocycles. The number of rotatable bonds is 9. The molecule has 0 aliphatic heterocycles. The van der Waals surface area contributed by atoms with Gasteiger partial charge in [0.1, 0.15) is 11.3 Å². The van der Waals surface area contributed by atoms with Gasteiger partial charge in [-0.15, -0.1) is 0 Å². The maximum atomic E-state index is 12.7. The highest BCUT2D eigenvalue weighted by Crippen LogP contribution is 2.25. The molecule has 2 heterocycles. The van der Waals surface area contributed by atoms with Crippen LogP contribution in [-0.2, 0) is 17.6 Å². The van der Waals surface area contributed by atoms with Crippen molar-refractivity contribution in [2.24, 2.45) is 5.73 Å². The summed E-state index contributed by atoms with van der Waals surface area (Å²) in [5.74, 6) is -0.0628. The number of aryl methyl sites for hydroxylation is 2. The molecule has 4 aromatic rings.